The fourth-order valence-corrected chi connectivity index (χ4v) is 4.71. The Hall–Kier alpha value is -2.27. The van der Waals surface area contributed by atoms with Crippen molar-refractivity contribution in [3.8, 4) is 0 Å². The maximum atomic E-state index is 14.0. The summed E-state index contributed by atoms with van der Waals surface area (Å²) in [5, 5.41) is 0. The third-order valence-electron chi connectivity index (χ3n) is 6.27. The molecule has 1 amide bonds. The van der Waals surface area contributed by atoms with E-state index in [-0.39, 0.29) is 17.3 Å². The Bertz CT molecular complexity index is 842. The van der Waals surface area contributed by atoms with Crippen LogP contribution < -0.4 is 0 Å². The Morgan fingerprint density at radius 3 is 2.57 bits per heavy atom. The topological polar surface area (TPSA) is 23.6 Å². The zero-order chi connectivity index (χ0) is 19.6. The first kappa shape index (κ1) is 19.1. The van der Waals surface area contributed by atoms with Gasteiger partial charge >= 0.3 is 0 Å². The number of amides is 1. The summed E-state index contributed by atoms with van der Waals surface area (Å²) in [6.45, 7) is 2.68. The predicted octanol–water partition coefficient (Wildman–Crippen LogP) is 4.51. The van der Waals surface area contributed by atoms with Crippen molar-refractivity contribution in [1.29, 1.82) is 0 Å². The highest BCUT2D eigenvalue weighted by Crippen LogP contribution is 2.40. The second kappa shape index (κ2) is 8.00. The normalized spacial score (nSPS) is 23.4. The Morgan fingerprint density at radius 1 is 0.929 bits per heavy atom. The molecule has 0 unspecified atom stereocenters. The van der Waals surface area contributed by atoms with E-state index in [9.17, 15) is 13.6 Å². The molecule has 2 aliphatic heterocycles. The second-order valence-corrected chi connectivity index (χ2v) is 8.06. The number of halogens is 2. The highest BCUT2D eigenvalue weighted by molar-refractivity contribution is 5.79. The van der Waals surface area contributed by atoms with Crippen molar-refractivity contribution >= 4 is 5.91 Å². The van der Waals surface area contributed by atoms with Crippen LogP contribution >= 0.6 is 0 Å². The van der Waals surface area contributed by atoms with Crippen LogP contribution in [0.3, 0.4) is 0 Å². The monoisotopic (exact) mass is 384 g/mol. The van der Waals surface area contributed by atoms with Gasteiger partial charge in [0.1, 0.15) is 11.6 Å². The number of hydrogen-bond acceptors (Lipinski definition) is 2. The lowest BCUT2D eigenvalue weighted by atomic mass is 9.87. The van der Waals surface area contributed by atoms with Crippen molar-refractivity contribution in [3.63, 3.8) is 0 Å². The van der Waals surface area contributed by atoms with E-state index in [1.54, 1.807) is 0 Å². The molecule has 0 aliphatic carbocycles. The van der Waals surface area contributed by atoms with Gasteiger partial charge in [-0.15, -0.1) is 0 Å². The molecule has 2 heterocycles. The van der Waals surface area contributed by atoms with E-state index in [0.29, 0.717) is 25.1 Å². The molecular formula is C23H26F2N2O. The number of carbonyl (C=O) groups is 1. The predicted molar refractivity (Wildman–Crippen MR) is 104 cm³/mol. The molecule has 5 heteroatoms. The highest BCUT2D eigenvalue weighted by Gasteiger charge is 2.45. The second-order valence-electron chi connectivity index (χ2n) is 8.06. The van der Waals surface area contributed by atoms with Crippen LogP contribution in [-0.4, -0.2) is 34.3 Å². The lowest BCUT2D eigenvalue weighted by Gasteiger charge is -2.38. The van der Waals surface area contributed by atoms with Crippen LogP contribution in [0.15, 0.2) is 48.5 Å². The molecule has 148 valence electrons. The maximum Gasteiger partial charge on any atom is 0.223 e. The average Bonchev–Trinajstić information content (AvgIpc) is 2.87. The summed E-state index contributed by atoms with van der Waals surface area (Å²) in [7, 11) is 0. The summed E-state index contributed by atoms with van der Waals surface area (Å²) >= 11 is 0. The van der Waals surface area contributed by atoms with Gasteiger partial charge in [-0.1, -0.05) is 30.3 Å². The summed E-state index contributed by atoms with van der Waals surface area (Å²) in [6, 6.07) is 13.8. The quantitative estimate of drug-likeness (QED) is 0.774. The minimum absolute atomic E-state index is 0.109. The summed E-state index contributed by atoms with van der Waals surface area (Å²) in [4.78, 5) is 16.9. The number of likely N-dealkylation sites (tertiary alicyclic amines) is 2. The first-order valence-electron chi connectivity index (χ1n) is 10.1. The molecule has 2 saturated heterocycles. The molecule has 0 radical (unpaired) electrons. The van der Waals surface area contributed by atoms with Crippen LogP contribution in [0.1, 0.15) is 43.2 Å². The average molecular weight is 384 g/mol. The van der Waals surface area contributed by atoms with E-state index in [4.69, 9.17) is 0 Å². The van der Waals surface area contributed by atoms with Crippen molar-refractivity contribution in [2.75, 3.05) is 13.1 Å². The minimum atomic E-state index is -0.405. The first-order valence-corrected chi connectivity index (χ1v) is 10.1. The molecule has 2 aromatic rings. The Balaban J connectivity index is 1.47. The van der Waals surface area contributed by atoms with Crippen molar-refractivity contribution in [3.05, 3.63) is 71.3 Å². The molecule has 3 nitrogen and oxygen atoms in total. The fourth-order valence-electron chi connectivity index (χ4n) is 4.71. The Morgan fingerprint density at radius 2 is 1.75 bits per heavy atom. The molecule has 4 rings (SSSR count). The summed E-state index contributed by atoms with van der Waals surface area (Å²) < 4.78 is 27.5. The Labute approximate surface area is 165 Å². The smallest absolute Gasteiger partial charge is 0.223 e. The van der Waals surface area contributed by atoms with E-state index in [0.717, 1.165) is 50.4 Å². The van der Waals surface area contributed by atoms with Crippen LogP contribution in [0.4, 0.5) is 8.78 Å². The van der Waals surface area contributed by atoms with E-state index in [2.05, 4.69) is 21.9 Å². The summed E-state index contributed by atoms with van der Waals surface area (Å²) in [6.07, 6.45) is 4.29. The van der Waals surface area contributed by atoms with Crippen LogP contribution in [0.2, 0.25) is 0 Å². The molecule has 28 heavy (non-hydrogen) atoms. The fraction of sp³-hybridized carbons (Fsp3) is 0.435. The number of carbonyl (C=O) groups excluding carboxylic acids is 1. The zero-order valence-corrected chi connectivity index (χ0v) is 16.0. The van der Waals surface area contributed by atoms with Crippen molar-refractivity contribution in [2.24, 2.45) is 0 Å². The van der Waals surface area contributed by atoms with Gasteiger partial charge in [0, 0.05) is 37.2 Å². The number of rotatable bonds is 4. The molecule has 2 aromatic carbocycles. The third-order valence-corrected chi connectivity index (χ3v) is 6.27. The van der Waals surface area contributed by atoms with Gasteiger partial charge in [0.15, 0.2) is 0 Å². The molecule has 2 fully saturated rings. The molecule has 1 atom stereocenters. The SMILES string of the molecule is O=C1CC[C@@]2(CCCN(Cc3cc(F)ccc3F)CC2)N1Cc1ccccc1. The van der Waals surface area contributed by atoms with E-state index in [1.807, 2.05) is 18.2 Å². The van der Waals surface area contributed by atoms with Gasteiger partial charge in [-0.2, -0.15) is 0 Å². The van der Waals surface area contributed by atoms with Gasteiger partial charge in [0.25, 0.3) is 0 Å². The van der Waals surface area contributed by atoms with Gasteiger partial charge in [-0.3, -0.25) is 9.69 Å². The number of benzene rings is 2. The van der Waals surface area contributed by atoms with E-state index < -0.39 is 5.82 Å². The summed E-state index contributed by atoms with van der Waals surface area (Å²) in [5.74, 6) is -0.534. The van der Waals surface area contributed by atoms with E-state index >= 15 is 0 Å². The van der Waals surface area contributed by atoms with Crippen molar-refractivity contribution in [2.45, 2.75) is 50.7 Å². The number of nitrogens with zero attached hydrogens (tertiary/aromatic N) is 2. The maximum absolute atomic E-state index is 14.0. The standard InChI is InChI=1S/C23H26F2N2O/c24-20-7-8-21(25)19(15-20)17-26-13-4-10-23(12-14-26)11-9-22(28)27(23)16-18-5-2-1-3-6-18/h1-3,5-8,15H,4,9-14,16-17H2/t23-/m1/s1. The molecular weight excluding hydrogens is 358 g/mol. The minimum Gasteiger partial charge on any atom is -0.333 e. The van der Waals surface area contributed by atoms with Gasteiger partial charge < -0.3 is 4.90 Å². The van der Waals surface area contributed by atoms with E-state index in [1.165, 1.54) is 12.1 Å². The van der Waals surface area contributed by atoms with Gasteiger partial charge in [0.2, 0.25) is 5.91 Å². The van der Waals surface area contributed by atoms with Crippen molar-refractivity contribution in [1.82, 2.24) is 9.80 Å². The molecule has 2 aliphatic rings. The molecule has 0 saturated carbocycles. The highest BCUT2D eigenvalue weighted by atomic mass is 19.1. The lowest BCUT2D eigenvalue weighted by molar-refractivity contribution is -0.132. The lowest BCUT2D eigenvalue weighted by Crippen LogP contribution is -2.45. The van der Waals surface area contributed by atoms with Crippen LogP contribution in [-0.2, 0) is 17.9 Å². The molecule has 1 spiro atoms. The molecule has 0 bridgehead atoms. The third kappa shape index (κ3) is 3.95. The van der Waals surface area contributed by atoms with Gasteiger partial charge in [-0.25, -0.2) is 8.78 Å². The van der Waals surface area contributed by atoms with Gasteiger partial charge in [0.05, 0.1) is 0 Å². The zero-order valence-electron chi connectivity index (χ0n) is 16.0. The van der Waals surface area contributed by atoms with Gasteiger partial charge in [-0.05, 0) is 56.0 Å². The largest absolute Gasteiger partial charge is 0.333 e. The molecule has 0 N–H and O–H groups in total. The van der Waals surface area contributed by atoms with Crippen LogP contribution in [0.25, 0.3) is 0 Å². The first-order chi connectivity index (χ1) is 13.6. The summed E-state index contributed by atoms with van der Waals surface area (Å²) in [5.41, 5.74) is 1.45. The van der Waals surface area contributed by atoms with Crippen LogP contribution in [0, 0.1) is 11.6 Å². The molecule has 0 aromatic heterocycles. The van der Waals surface area contributed by atoms with Crippen molar-refractivity contribution < 1.29 is 13.6 Å². The van der Waals surface area contributed by atoms with Crippen LogP contribution in [0.5, 0.6) is 0 Å². The number of hydrogen-bond donors (Lipinski definition) is 0. The Kier molecular flexibility index (Phi) is 5.44.